The third kappa shape index (κ3) is 2.91. The quantitative estimate of drug-likeness (QED) is 0.735. The molecule has 4 rings (SSSR count). The van der Waals surface area contributed by atoms with Gasteiger partial charge in [-0.3, -0.25) is 4.90 Å². The minimum Gasteiger partial charge on any atom is -0.283 e. The molecule has 0 bridgehead atoms. The van der Waals surface area contributed by atoms with Crippen molar-refractivity contribution in [2.75, 3.05) is 6.54 Å². The average molecular weight is 341 g/mol. The molecular formula is C18H17F2N5. The highest BCUT2D eigenvalue weighted by atomic mass is 19.2. The predicted octanol–water partition coefficient (Wildman–Crippen LogP) is 2.86. The maximum Gasteiger partial charge on any atom is 0.173 e. The van der Waals surface area contributed by atoms with E-state index in [0.29, 0.717) is 24.5 Å². The van der Waals surface area contributed by atoms with E-state index in [4.69, 9.17) is 0 Å². The van der Waals surface area contributed by atoms with Gasteiger partial charge in [-0.05, 0) is 29.0 Å². The van der Waals surface area contributed by atoms with Crippen LogP contribution in [0, 0.1) is 18.6 Å². The summed E-state index contributed by atoms with van der Waals surface area (Å²) in [6.07, 6.45) is 0. The first-order chi connectivity index (χ1) is 12.1. The Bertz CT molecular complexity index is 908. The van der Waals surface area contributed by atoms with E-state index in [1.165, 1.54) is 6.07 Å². The van der Waals surface area contributed by atoms with E-state index in [-0.39, 0.29) is 12.6 Å². The molecule has 0 spiro atoms. The fourth-order valence-electron chi connectivity index (χ4n) is 3.34. The van der Waals surface area contributed by atoms with Gasteiger partial charge in [-0.25, -0.2) is 13.5 Å². The van der Waals surface area contributed by atoms with Gasteiger partial charge in [0.15, 0.2) is 17.5 Å². The van der Waals surface area contributed by atoms with Crippen LogP contribution in [0.2, 0.25) is 0 Å². The SMILES string of the molecule is Cc1cccc(C2c3nnnn3CCN2Cc2cccc(F)c2F)c1. The lowest BCUT2D eigenvalue weighted by Gasteiger charge is -2.35. The maximum absolute atomic E-state index is 14.1. The minimum absolute atomic E-state index is 0.202. The van der Waals surface area contributed by atoms with Crippen molar-refractivity contribution in [3.05, 3.63) is 76.6 Å². The van der Waals surface area contributed by atoms with Crippen LogP contribution >= 0.6 is 0 Å². The van der Waals surface area contributed by atoms with Gasteiger partial charge in [-0.2, -0.15) is 0 Å². The van der Waals surface area contributed by atoms with Gasteiger partial charge in [0.25, 0.3) is 0 Å². The first kappa shape index (κ1) is 15.8. The van der Waals surface area contributed by atoms with Crippen molar-refractivity contribution in [2.45, 2.75) is 26.1 Å². The zero-order valence-corrected chi connectivity index (χ0v) is 13.7. The van der Waals surface area contributed by atoms with E-state index >= 15 is 0 Å². The number of halogens is 2. The number of nitrogens with zero attached hydrogens (tertiary/aromatic N) is 5. The Kier molecular flexibility index (Phi) is 4.01. The maximum atomic E-state index is 14.1. The monoisotopic (exact) mass is 341 g/mol. The zero-order chi connectivity index (χ0) is 17.4. The minimum atomic E-state index is -0.827. The number of tetrazole rings is 1. The third-order valence-electron chi connectivity index (χ3n) is 4.53. The van der Waals surface area contributed by atoms with Crippen LogP contribution in [0.1, 0.15) is 28.6 Å². The summed E-state index contributed by atoms with van der Waals surface area (Å²) >= 11 is 0. The first-order valence-electron chi connectivity index (χ1n) is 8.13. The molecule has 5 nitrogen and oxygen atoms in total. The lowest BCUT2D eigenvalue weighted by atomic mass is 10.00. The largest absolute Gasteiger partial charge is 0.283 e. The predicted molar refractivity (Wildman–Crippen MR) is 87.6 cm³/mol. The van der Waals surface area contributed by atoms with Crippen molar-refractivity contribution in [3.8, 4) is 0 Å². The Hall–Kier alpha value is -2.67. The summed E-state index contributed by atoms with van der Waals surface area (Å²) < 4.78 is 29.5. The Morgan fingerprint density at radius 2 is 1.96 bits per heavy atom. The molecule has 7 heteroatoms. The van der Waals surface area contributed by atoms with Crippen molar-refractivity contribution in [3.63, 3.8) is 0 Å². The van der Waals surface area contributed by atoms with E-state index in [0.717, 1.165) is 17.2 Å². The van der Waals surface area contributed by atoms with Gasteiger partial charge in [0.1, 0.15) is 0 Å². The molecular weight excluding hydrogens is 324 g/mol. The lowest BCUT2D eigenvalue weighted by Crippen LogP contribution is -2.39. The molecule has 128 valence electrons. The number of hydrogen-bond acceptors (Lipinski definition) is 4. The Morgan fingerprint density at radius 1 is 1.12 bits per heavy atom. The number of hydrogen-bond donors (Lipinski definition) is 0. The molecule has 0 radical (unpaired) electrons. The van der Waals surface area contributed by atoms with Crippen LogP contribution in [0.3, 0.4) is 0 Å². The smallest absolute Gasteiger partial charge is 0.173 e. The molecule has 1 aromatic heterocycles. The van der Waals surface area contributed by atoms with E-state index in [2.05, 4.69) is 26.5 Å². The second-order valence-corrected chi connectivity index (χ2v) is 6.26. The van der Waals surface area contributed by atoms with Gasteiger partial charge in [-0.1, -0.05) is 42.0 Å². The van der Waals surface area contributed by atoms with Gasteiger partial charge in [0, 0.05) is 18.7 Å². The fourth-order valence-corrected chi connectivity index (χ4v) is 3.34. The highest BCUT2D eigenvalue weighted by molar-refractivity contribution is 5.30. The molecule has 0 fully saturated rings. The van der Waals surface area contributed by atoms with Gasteiger partial charge in [0.2, 0.25) is 0 Å². The Morgan fingerprint density at radius 3 is 2.80 bits per heavy atom. The van der Waals surface area contributed by atoms with Crippen LogP contribution < -0.4 is 0 Å². The van der Waals surface area contributed by atoms with Crippen LogP contribution in [0.15, 0.2) is 42.5 Å². The molecule has 0 N–H and O–H groups in total. The van der Waals surface area contributed by atoms with E-state index < -0.39 is 11.6 Å². The molecule has 0 amide bonds. The summed E-state index contributed by atoms with van der Waals surface area (Å²) in [5, 5.41) is 12.0. The highest BCUT2D eigenvalue weighted by Crippen LogP contribution is 2.32. The normalized spacial score (nSPS) is 17.5. The molecule has 1 aliphatic heterocycles. The molecule has 0 saturated heterocycles. The molecule has 1 unspecified atom stereocenters. The van der Waals surface area contributed by atoms with Crippen molar-refractivity contribution in [1.82, 2.24) is 25.1 Å². The molecule has 3 aromatic rings. The molecule has 1 aliphatic rings. The lowest BCUT2D eigenvalue weighted by molar-refractivity contribution is 0.161. The molecule has 0 saturated carbocycles. The van der Waals surface area contributed by atoms with Gasteiger partial charge < -0.3 is 0 Å². The fraction of sp³-hybridized carbons (Fsp3) is 0.278. The number of aromatic nitrogens is 4. The van der Waals surface area contributed by atoms with E-state index in [1.54, 1.807) is 10.7 Å². The van der Waals surface area contributed by atoms with Crippen molar-refractivity contribution in [2.24, 2.45) is 0 Å². The average Bonchev–Trinajstić information content (AvgIpc) is 3.07. The Balaban J connectivity index is 1.74. The third-order valence-corrected chi connectivity index (χ3v) is 4.53. The number of rotatable bonds is 3. The van der Waals surface area contributed by atoms with Crippen molar-refractivity contribution < 1.29 is 8.78 Å². The van der Waals surface area contributed by atoms with E-state index in [1.807, 2.05) is 25.1 Å². The van der Waals surface area contributed by atoms with Gasteiger partial charge >= 0.3 is 0 Å². The zero-order valence-electron chi connectivity index (χ0n) is 13.7. The summed E-state index contributed by atoms with van der Waals surface area (Å²) in [5.74, 6) is -0.907. The van der Waals surface area contributed by atoms with Crippen LogP contribution in [-0.2, 0) is 13.1 Å². The van der Waals surface area contributed by atoms with Crippen LogP contribution in [0.4, 0.5) is 8.78 Å². The van der Waals surface area contributed by atoms with Gasteiger partial charge in [-0.15, -0.1) is 5.10 Å². The van der Waals surface area contributed by atoms with Crippen LogP contribution in [0.25, 0.3) is 0 Å². The summed E-state index contributed by atoms with van der Waals surface area (Å²) in [7, 11) is 0. The summed E-state index contributed by atoms with van der Waals surface area (Å²) in [6, 6.07) is 12.2. The first-order valence-corrected chi connectivity index (χ1v) is 8.13. The molecule has 0 aliphatic carbocycles. The molecule has 2 heterocycles. The number of fused-ring (bicyclic) bond motifs is 1. The number of benzene rings is 2. The summed E-state index contributed by atoms with van der Waals surface area (Å²) in [6.45, 7) is 3.56. The highest BCUT2D eigenvalue weighted by Gasteiger charge is 2.32. The van der Waals surface area contributed by atoms with E-state index in [9.17, 15) is 8.78 Å². The van der Waals surface area contributed by atoms with Crippen molar-refractivity contribution in [1.29, 1.82) is 0 Å². The molecule has 1 atom stereocenters. The number of aryl methyl sites for hydroxylation is 1. The summed E-state index contributed by atoms with van der Waals surface area (Å²) in [4.78, 5) is 2.08. The second-order valence-electron chi connectivity index (χ2n) is 6.26. The van der Waals surface area contributed by atoms with Crippen LogP contribution in [0.5, 0.6) is 0 Å². The standard InChI is InChI=1S/C18H17F2N5/c1-12-4-2-5-13(10-12)17-18-21-22-23-25(18)9-8-24(17)11-14-6-3-7-15(19)16(14)20/h2-7,10,17H,8-9,11H2,1H3. The van der Waals surface area contributed by atoms with Crippen molar-refractivity contribution >= 4 is 0 Å². The van der Waals surface area contributed by atoms with Gasteiger partial charge in [0.05, 0.1) is 12.6 Å². The Labute approximate surface area is 143 Å². The van der Waals surface area contributed by atoms with Crippen LogP contribution in [-0.4, -0.2) is 31.7 Å². The summed E-state index contributed by atoms with van der Waals surface area (Å²) in [5.41, 5.74) is 2.49. The molecule has 25 heavy (non-hydrogen) atoms. The molecule has 2 aromatic carbocycles. The second kappa shape index (κ2) is 6.33. The topological polar surface area (TPSA) is 46.8 Å².